The molecule has 2 N–H and O–H groups in total. The summed E-state index contributed by atoms with van der Waals surface area (Å²) < 4.78 is 33.5. The lowest BCUT2D eigenvalue weighted by Gasteiger charge is -2.22. The number of imidazole rings is 1. The molecule has 2 aromatic carbocycles. The van der Waals surface area contributed by atoms with Crippen LogP contribution in [0.15, 0.2) is 47.4 Å². The highest BCUT2D eigenvalue weighted by Gasteiger charge is 2.29. The van der Waals surface area contributed by atoms with Gasteiger partial charge in [-0.25, -0.2) is 13.4 Å². The normalized spacial score (nSPS) is 16.4. The van der Waals surface area contributed by atoms with Gasteiger partial charge in [-0.15, -0.1) is 0 Å². The van der Waals surface area contributed by atoms with Crippen LogP contribution in [0, 0.1) is 5.92 Å². The Morgan fingerprint density at radius 1 is 1.09 bits per heavy atom. The number of para-hydroxylation sites is 2. The summed E-state index contributed by atoms with van der Waals surface area (Å²) in [6.45, 7) is 4.99. The van der Waals surface area contributed by atoms with Gasteiger partial charge in [0.1, 0.15) is 11.6 Å². The topological polar surface area (TPSA) is 104 Å². The minimum absolute atomic E-state index is 0.0412. The zero-order chi connectivity index (χ0) is 24.3. The molecule has 0 bridgehead atoms. The van der Waals surface area contributed by atoms with Gasteiger partial charge in [-0.05, 0) is 49.1 Å². The van der Waals surface area contributed by atoms with Crippen LogP contribution in [0.25, 0.3) is 11.0 Å². The highest BCUT2D eigenvalue weighted by atomic mass is 32.2. The number of hydrogen-bond acceptors (Lipinski definition) is 5. The molecule has 182 valence electrons. The number of fused-ring (bicyclic) bond motifs is 1. The number of aromatic nitrogens is 2. The molecule has 1 aromatic heterocycles. The number of benzene rings is 2. The Labute approximate surface area is 200 Å². The standard InChI is InChI=1S/C25H32N4O4S/c1-17(2)23(24-26-20-10-6-7-11-21(20)27-24)28-25(30)19-16-18(12-13-22(19)33-3)34(31,32)29-14-8-4-5-9-15-29/h6-7,10-13,16-17,23H,4-5,8-9,14-15H2,1-3H3,(H,26,27)(H,28,30). The molecule has 1 saturated heterocycles. The molecule has 8 nitrogen and oxygen atoms in total. The number of ether oxygens (including phenoxy) is 1. The van der Waals surface area contributed by atoms with Crippen LogP contribution in [0.5, 0.6) is 5.75 Å². The minimum Gasteiger partial charge on any atom is -0.496 e. The maximum absolute atomic E-state index is 13.4. The molecule has 1 aliphatic heterocycles. The number of hydrogen-bond donors (Lipinski definition) is 2. The number of sulfonamides is 1. The third-order valence-corrected chi connectivity index (χ3v) is 8.17. The van der Waals surface area contributed by atoms with Crippen LogP contribution in [-0.4, -0.2) is 48.8 Å². The number of methoxy groups -OCH3 is 1. The van der Waals surface area contributed by atoms with E-state index in [2.05, 4.69) is 15.3 Å². The number of carbonyl (C=O) groups excluding carboxylic acids is 1. The lowest BCUT2D eigenvalue weighted by Crippen LogP contribution is -2.34. The number of H-pyrrole nitrogens is 1. The maximum Gasteiger partial charge on any atom is 0.255 e. The Kier molecular flexibility index (Phi) is 7.23. The first-order valence-corrected chi connectivity index (χ1v) is 13.2. The van der Waals surface area contributed by atoms with Gasteiger partial charge in [0.05, 0.1) is 34.6 Å². The summed E-state index contributed by atoms with van der Waals surface area (Å²) in [7, 11) is -2.23. The fourth-order valence-corrected chi connectivity index (χ4v) is 5.89. The van der Waals surface area contributed by atoms with Crippen LogP contribution in [0.3, 0.4) is 0 Å². The van der Waals surface area contributed by atoms with E-state index in [1.54, 1.807) is 6.07 Å². The van der Waals surface area contributed by atoms with E-state index in [9.17, 15) is 13.2 Å². The second-order valence-corrected chi connectivity index (χ2v) is 11.0. The van der Waals surface area contributed by atoms with Crippen molar-refractivity contribution < 1.29 is 17.9 Å². The molecule has 3 aromatic rings. The lowest BCUT2D eigenvalue weighted by atomic mass is 10.0. The second-order valence-electron chi connectivity index (χ2n) is 9.01. The monoisotopic (exact) mass is 484 g/mol. The van der Waals surface area contributed by atoms with Crippen LogP contribution in [0.2, 0.25) is 0 Å². The van der Waals surface area contributed by atoms with Gasteiger partial charge in [0, 0.05) is 13.1 Å². The van der Waals surface area contributed by atoms with Gasteiger partial charge in [-0.2, -0.15) is 4.31 Å². The van der Waals surface area contributed by atoms with Crippen molar-refractivity contribution in [3.63, 3.8) is 0 Å². The molecule has 1 unspecified atom stereocenters. The van der Waals surface area contributed by atoms with Crippen molar-refractivity contribution in [3.05, 3.63) is 53.9 Å². The van der Waals surface area contributed by atoms with Crippen molar-refractivity contribution in [2.75, 3.05) is 20.2 Å². The highest BCUT2D eigenvalue weighted by Crippen LogP contribution is 2.28. The average Bonchev–Trinajstić information content (AvgIpc) is 3.05. The van der Waals surface area contributed by atoms with Crippen LogP contribution in [0.4, 0.5) is 0 Å². The molecular weight excluding hydrogens is 452 g/mol. The molecule has 0 radical (unpaired) electrons. The molecule has 34 heavy (non-hydrogen) atoms. The highest BCUT2D eigenvalue weighted by molar-refractivity contribution is 7.89. The van der Waals surface area contributed by atoms with E-state index in [-0.39, 0.29) is 16.4 Å². The van der Waals surface area contributed by atoms with Gasteiger partial charge >= 0.3 is 0 Å². The summed E-state index contributed by atoms with van der Waals surface area (Å²) in [5.41, 5.74) is 1.89. The summed E-state index contributed by atoms with van der Waals surface area (Å²) in [5, 5.41) is 3.03. The molecule has 1 atom stereocenters. The summed E-state index contributed by atoms with van der Waals surface area (Å²) in [6, 6.07) is 11.8. The Balaban J connectivity index is 1.64. The number of aromatic amines is 1. The maximum atomic E-state index is 13.4. The van der Waals surface area contributed by atoms with Crippen LogP contribution in [0.1, 0.15) is 61.8 Å². The molecule has 1 fully saturated rings. The van der Waals surface area contributed by atoms with Gasteiger partial charge in [-0.1, -0.05) is 38.8 Å². The predicted octanol–water partition coefficient (Wildman–Crippen LogP) is 4.26. The first-order chi connectivity index (χ1) is 16.3. The minimum atomic E-state index is -3.70. The van der Waals surface area contributed by atoms with Crippen molar-refractivity contribution in [2.45, 2.75) is 50.5 Å². The smallest absolute Gasteiger partial charge is 0.255 e. The molecular formula is C25H32N4O4S. The molecule has 2 heterocycles. The number of carbonyl (C=O) groups is 1. The molecule has 1 aliphatic rings. The molecule has 0 aliphatic carbocycles. The van der Waals surface area contributed by atoms with E-state index in [4.69, 9.17) is 4.74 Å². The van der Waals surface area contributed by atoms with Crippen LogP contribution >= 0.6 is 0 Å². The lowest BCUT2D eigenvalue weighted by molar-refractivity contribution is 0.0920. The van der Waals surface area contributed by atoms with E-state index >= 15 is 0 Å². The average molecular weight is 485 g/mol. The Morgan fingerprint density at radius 3 is 2.44 bits per heavy atom. The number of nitrogens with zero attached hydrogens (tertiary/aromatic N) is 2. The largest absolute Gasteiger partial charge is 0.496 e. The van der Waals surface area contributed by atoms with Crippen molar-refractivity contribution >= 4 is 27.0 Å². The van der Waals surface area contributed by atoms with Crippen molar-refractivity contribution in [2.24, 2.45) is 5.92 Å². The van der Waals surface area contributed by atoms with Crippen LogP contribution in [-0.2, 0) is 10.0 Å². The Bertz CT molecular complexity index is 1230. The van der Waals surface area contributed by atoms with E-state index in [1.807, 2.05) is 38.1 Å². The second kappa shape index (κ2) is 10.1. The van der Waals surface area contributed by atoms with Gasteiger partial charge in [0.25, 0.3) is 5.91 Å². The zero-order valence-corrected chi connectivity index (χ0v) is 20.7. The summed E-state index contributed by atoms with van der Waals surface area (Å²) >= 11 is 0. The summed E-state index contributed by atoms with van der Waals surface area (Å²) in [4.78, 5) is 21.4. The first-order valence-electron chi connectivity index (χ1n) is 11.7. The van der Waals surface area contributed by atoms with Gasteiger partial charge in [0.15, 0.2) is 0 Å². The van der Waals surface area contributed by atoms with Crippen molar-refractivity contribution in [1.82, 2.24) is 19.6 Å². The Hall–Kier alpha value is -2.91. The van der Waals surface area contributed by atoms with E-state index in [1.165, 1.54) is 23.5 Å². The van der Waals surface area contributed by atoms with Crippen LogP contribution < -0.4 is 10.1 Å². The number of nitrogens with one attached hydrogen (secondary N) is 2. The number of rotatable bonds is 7. The third-order valence-electron chi connectivity index (χ3n) is 6.27. The fraction of sp³-hybridized carbons (Fsp3) is 0.440. The SMILES string of the molecule is COc1ccc(S(=O)(=O)N2CCCCCC2)cc1C(=O)NC(c1nc2ccccc2[nH]1)C(C)C. The van der Waals surface area contributed by atoms with Crippen molar-refractivity contribution in [3.8, 4) is 5.75 Å². The van der Waals surface area contributed by atoms with Gasteiger partial charge in [0.2, 0.25) is 10.0 Å². The van der Waals surface area contributed by atoms with E-state index in [0.717, 1.165) is 36.7 Å². The fourth-order valence-electron chi connectivity index (χ4n) is 4.35. The Morgan fingerprint density at radius 2 is 1.79 bits per heavy atom. The third kappa shape index (κ3) is 4.95. The molecule has 0 saturated carbocycles. The van der Waals surface area contributed by atoms with E-state index < -0.39 is 22.0 Å². The first kappa shape index (κ1) is 24.2. The molecule has 0 spiro atoms. The number of amides is 1. The molecule has 4 rings (SSSR count). The van der Waals surface area contributed by atoms with Gasteiger partial charge in [-0.3, -0.25) is 4.79 Å². The quantitative estimate of drug-likeness (QED) is 0.521. The molecule has 1 amide bonds. The predicted molar refractivity (Wildman–Crippen MR) is 131 cm³/mol. The summed E-state index contributed by atoms with van der Waals surface area (Å²) in [5.74, 6) is 0.597. The van der Waals surface area contributed by atoms with E-state index in [0.29, 0.717) is 24.7 Å². The zero-order valence-electron chi connectivity index (χ0n) is 19.9. The molecule has 9 heteroatoms. The summed E-state index contributed by atoms with van der Waals surface area (Å²) in [6.07, 6.45) is 3.74. The van der Waals surface area contributed by atoms with Gasteiger partial charge < -0.3 is 15.0 Å². The van der Waals surface area contributed by atoms with Crippen molar-refractivity contribution in [1.29, 1.82) is 0 Å².